The van der Waals surface area contributed by atoms with E-state index in [0.717, 1.165) is 17.5 Å². The lowest BCUT2D eigenvalue weighted by Gasteiger charge is -2.36. The Morgan fingerprint density at radius 2 is 1.62 bits per heavy atom. The second kappa shape index (κ2) is 11.6. The molecule has 1 unspecified atom stereocenters. The van der Waals surface area contributed by atoms with Gasteiger partial charge in [-0.1, -0.05) is 67.6 Å². The Morgan fingerprint density at radius 3 is 2.27 bits per heavy atom. The molecule has 0 aliphatic carbocycles. The average molecular weight is 498 g/mol. The van der Waals surface area contributed by atoms with Gasteiger partial charge in [-0.15, -0.1) is 0 Å². The van der Waals surface area contributed by atoms with Crippen molar-refractivity contribution in [2.24, 2.45) is 0 Å². The number of ether oxygens (including phenoxy) is 1. The van der Waals surface area contributed by atoms with Crippen LogP contribution in [0.3, 0.4) is 0 Å². The van der Waals surface area contributed by atoms with Gasteiger partial charge in [0.1, 0.15) is 0 Å². The van der Waals surface area contributed by atoms with Crippen molar-refractivity contribution in [2.75, 3.05) is 18.5 Å². The van der Waals surface area contributed by atoms with Crippen LogP contribution in [-0.2, 0) is 9.53 Å². The van der Waals surface area contributed by atoms with Gasteiger partial charge in [-0.3, -0.25) is 9.69 Å². The number of amides is 3. The highest BCUT2D eigenvalue weighted by Crippen LogP contribution is 2.37. The SMILES string of the molecule is CCCN1C(=O)NC(c2ccc(NC(=O)c3ccccc3C)cc2)C(C(=O)OCC)=C1c1ccccc1. The number of aryl methyl sites for hydroxylation is 1. The van der Waals surface area contributed by atoms with Crippen LogP contribution in [0.4, 0.5) is 10.5 Å². The third kappa shape index (κ3) is 5.56. The van der Waals surface area contributed by atoms with Gasteiger partial charge in [0, 0.05) is 17.8 Å². The smallest absolute Gasteiger partial charge is 0.338 e. The number of benzene rings is 3. The first-order valence-corrected chi connectivity index (χ1v) is 12.5. The molecule has 0 bridgehead atoms. The van der Waals surface area contributed by atoms with E-state index in [2.05, 4.69) is 10.6 Å². The minimum absolute atomic E-state index is 0.203. The molecule has 0 saturated carbocycles. The Hall–Kier alpha value is -4.39. The fourth-order valence-corrected chi connectivity index (χ4v) is 4.46. The number of nitrogens with one attached hydrogen (secondary N) is 2. The highest BCUT2D eigenvalue weighted by molar-refractivity contribution is 6.06. The first-order valence-electron chi connectivity index (χ1n) is 12.5. The summed E-state index contributed by atoms with van der Waals surface area (Å²) < 4.78 is 5.45. The lowest BCUT2D eigenvalue weighted by atomic mass is 9.91. The largest absolute Gasteiger partial charge is 0.463 e. The van der Waals surface area contributed by atoms with Crippen LogP contribution in [0.1, 0.15) is 53.4 Å². The van der Waals surface area contributed by atoms with Crippen molar-refractivity contribution in [1.29, 1.82) is 0 Å². The Kier molecular flexibility index (Phi) is 8.03. The second-order valence-corrected chi connectivity index (χ2v) is 8.77. The zero-order valence-corrected chi connectivity index (χ0v) is 21.3. The van der Waals surface area contributed by atoms with Crippen LogP contribution in [0, 0.1) is 6.92 Å². The third-order valence-electron chi connectivity index (χ3n) is 6.21. The van der Waals surface area contributed by atoms with E-state index in [1.807, 2.05) is 62.4 Å². The Labute approximate surface area is 217 Å². The van der Waals surface area contributed by atoms with Gasteiger partial charge in [-0.2, -0.15) is 0 Å². The summed E-state index contributed by atoms with van der Waals surface area (Å²) in [5, 5.41) is 5.90. The van der Waals surface area contributed by atoms with E-state index in [4.69, 9.17) is 4.74 Å². The topological polar surface area (TPSA) is 87.7 Å². The van der Waals surface area contributed by atoms with Crippen LogP contribution in [0.15, 0.2) is 84.4 Å². The fourth-order valence-electron chi connectivity index (χ4n) is 4.46. The molecule has 7 nitrogen and oxygen atoms in total. The molecule has 1 atom stereocenters. The molecule has 1 heterocycles. The molecule has 0 radical (unpaired) electrons. The summed E-state index contributed by atoms with van der Waals surface area (Å²) in [5.74, 6) is -0.685. The zero-order valence-electron chi connectivity index (χ0n) is 21.3. The van der Waals surface area contributed by atoms with Crippen molar-refractivity contribution < 1.29 is 19.1 Å². The number of urea groups is 1. The molecule has 1 aliphatic heterocycles. The van der Waals surface area contributed by atoms with Crippen LogP contribution >= 0.6 is 0 Å². The fraction of sp³-hybridized carbons (Fsp3) is 0.233. The molecule has 7 heteroatoms. The lowest BCUT2D eigenvalue weighted by molar-refractivity contribution is -0.138. The number of esters is 1. The molecule has 3 amide bonds. The van der Waals surface area contributed by atoms with Crippen molar-refractivity contribution in [1.82, 2.24) is 10.2 Å². The highest BCUT2D eigenvalue weighted by Gasteiger charge is 2.38. The summed E-state index contributed by atoms with van der Waals surface area (Å²) in [6.07, 6.45) is 0.722. The minimum Gasteiger partial charge on any atom is -0.463 e. The quantitative estimate of drug-likeness (QED) is 0.391. The van der Waals surface area contributed by atoms with Crippen LogP contribution in [0.25, 0.3) is 5.70 Å². The van der Waals surface area contributed by atoms with Gasteiger partial charge in [0.25, 0.3) is 5.91 Å². The molecule has 190 valence electrons. The number of carbonyl (C=O) groups excluding carboxylic acids is 3. The van der Waals surface area contributed by atoms with E-state index in [1.165, 1.54) is 0 Å². The van der Waals surface area contributed by atoms with E-state index in [0.29, 0.717) is 34.6 Å². The number of carbonyl (C=O) groups is 3. The van der Waals surface area contributed by atoms with E-state index in [-0.39, 0.29) is 18.5 Å². The number of hydrogen-bond donors (Lipinski definition) is 2. The van der Waals surface area contributed by atoms with Crippen LogP contribution in [-0.4, -0.2) is 36.0 Å². The number of nitrogens with zero attached hydrogens (tertiary/aromatic N) is 1. The van der Waals surface area contributed by atoms with Gasteiger partial charge >= 0.3 is 12.0 Å². The molecule has 3 aromatic carbocycles. The molecule has 37 heavy (non-hydrogen) atoms. The maximum Gasteiger partial charge on any atom is 0.338 e. The molecule has 1 aliphatic rings. The van der Waals surface area contributed by atoms with Crippen molar-refractivity contribution in [3.63, 3.8) is 0 Å². The maximum atomic E-state index is 13.3. The van der Waals surface area contributed by atoms with Gasteiger partial charge in [0.2, 0.25) is 0 Å². The molecule has 2 N–H and O–H groups in total. The summed E-state index contributed by atoms with van der Waals surface area (Å²) in [6.45, 7) is 6.29. The van der Waals surface area contributed by atoms with Gasteiger partial charge in [-0.05, 0) is 55.2 Å². The van der Waals surface area contributed by atoms with Gasteiger partial charge in [0.05, 0.1) is 23.9 Å². The second-order valence-electron chi connectivity index (χ2n) is 8.77. The molecule has 0 aromatic heterocycles. The summed E-state index contributed by atoms with van der Waals surface area (Å²) >= 11 is 0. The van der Waals surface area contributed by atoms with Gasteiger partial charge < -0.3 is 15.4 Å². The molecule has 0 fully saturated rings. The normalized spacial score (nSPS) is 15.3. The molecule has 3 aromatic rings. The van der Waals surface area contributed by atoms with Crippen molar-refractivity contribution in [3.8, 4) is 0 Å². The Balaban J connectivity index is 1.73. The summed E-state index contributed by atoms with van der Waals surface area (Å²) in [7, 11) is 0. The average Bonchev–Trinajstić information content (AvgIpc) is 2.90. The monoisotopic (exact) mass is 497 g/mol. The summed E-state index contributed by atoms with van der Waals surface area (Å²) in [5.41, 5.74) is 4.48. The molecule has 0 saturated heterocycles. The molecular formula is C30H31N3O4. The zero-order chi connectivity index (χ0) is 26.4. The van der Waals surface area contributed by atoms with Crippen molar-refractivity contribution in [3.05, 3.63) is 107 Å². The first kappa shape index (κ1) is 25.7. The van der Waals surface area contributed by atoms with E-state index in [9.17, 15) is 14.4 Å². The summed E-state index contributed by atoms with van der Waals surface area (Å²) in [6, 6.07) is 22.9. The number of hydrogen-bond acceptors (Lipinski definition) is 4. The predicted molar refractivity (Wildman–Crippen MR) is 144 cm³/mol. The van der Waals surface area contributed by atoms with Gasteiger partial charge in [0.15, 0.2) is 0 Å². The van der Waals surface area contributed by atoms with E-state index in [1.54, 1.807) is 42.2 Å². The molecule has 0 spiro atoms. The van der Waals surface area contributed by atoms with Crippen molar-refractivity contribution in [2.45, 2.75) is 33.2 Å². The standard InChI is InChI=1S/C30H31N3O4/c1-4-19-33-27(22-12-7-6-8-13-22)25(29(35)37-5-2)26(32-30(33)36)21-15-17-23(18-16-21)31-28(34)24-14-10-9-11-20(24)3/h6-18,26H,4-5,19H2,1-3H3,(H,31,34)(H,32,36). The molecule has 4 rings (SSSR count). The first-order chi connectivity index (χ1) is 17.9. The van der Waals surface area contributed by atoms with Crippen LogP contribution in [0.5, 0.6) is 0 Å². The Bertz CT molecular complexity index is 1320. The van der Waals surface area contributed by atoms with Gasteiger partial charge in [-0.25, -0.2) is 9.59 Å². The maximum absolute atomic E-state index is 13.3. The van der Waals surface area contributed by atoms with E-state index < -0.39 is 12.0 Å². The minimum atomic E-state index is -0.712. The Morgan fingerprint density at radius 1 is 0.946 bits per heavy atom. The third-order valence-corrected chi connectivity index (χ3v) is 6.21. The van der Waals surface area contributed by atoms with E-state index >= 15 is 0 Å². The number of rotatable bonds is 8. The highest BCUT2D eigenvalue weighted by atomic mass is 16.5. The van der Waals surface area contributed by atoms with Crippen LogP contribution in [0.2, 0.25) is 0 Å². The lowest BCUT2D eigenvalue weighted by Crippen LogP contribution is -2.48. The van der Waals surface area contributed by atoms with Crippen LogP contribution < -0.4 is 10.6 Å². The predicted octanol–water partition coefficient (Wildman–Crippen LogP) is 5.70. The summed E-state index contributed by atoms with van der Waals surface area (Å²) in [4.78, 5) is 40.9. The molecular weight excluding hydrogens is 466 g/mol. The number of anilines is 1. The van der Waals surface area contributed by atoms with Crippen molar-refractivity contribution >= 4 is 29.3 Å².